The Bertz CT molecular complexity index is 117. The van der Waals surface area contributed by atoms with Crippen LogP contribution in [0.15, 0.2) is 12.8 Å². The van der Waals surface area contributed by atoms with E-state index in [2.05, 4.69) is 6.58 Å². The molecule has 0 unspecified atom stereocenters. The van der Waals surface area contributed by atoms with E-state index in [1.807, 2.05) is 13.8 Å². The first-order valence-corrected chi connectivity index (χ1v) is 2.84. The number of hydrogen-bond donors (Lipinski definition) is 2. The minimum Gasteiger partial charge on any atom is -0.370 e. The molecule has 0 bridgehead atoms. The van der Waals surface area contributed by atoms with Gasteiger partial charge in [0.1, 0.15) is 0 Å². The minimum absolute atomic E-state index is 0.0417. The summed E-state index contributed by atoms with van der Waals surface area (Å²) in [6, 6.07) is 0.222. The smallest absolute Gasteiger partial charge is 0.192 e. The minimum atomic E-state index is 0.0417. The fraction of sp³-hybridized carbons (Fsp3) is 0.500. The normalized spacial score (nSPS) is 9.22. The molecule has 0 heterocycles. The van der Waals surface area contributed by atoms with Crippen LogP contribution in [-0.2, 0) is 0 Å². The fourth-order valence-electron chi connectivity index (χ4n) is 0.587. The van der Waals surface area contributed by atoms with E-state index < -0.39 is 0 Å². The molecule has 3 heteroatoms. The molecule has 0 aromatic rings. The molecule has 0 saturated heterocycles. The van der Waals surface area contributed by atoms with E-state index in [1.165, 1.54) is 0 Å². The van der Waals surface area contributed by atoms with Gasteiger partial charge in [0.2, 0.25) is 0 Å². The van der Waals surface area contributed by atoms with E-state index in [0.717, 1.165) is 0 Å². The standard InChI is InChI=1S/C6H13N3/c1-4-9(5(2)3)6(7)8/h4-5H,1H2,2-3H3,(H3,7,8). The maximum atomic E-state index is 7.01. The molecule has 0 fully saturated rings. The zero-order chi connectivity index (χ0) is 7.44. The number of nitrogens with zero attached hydrogens (tertiary/aromatic N) is 1. The van der Waals surface area contributed by atoms with Crippen molar-refractivity contribution in [3.05, 3.63) is 12.8 Å². The van der Waals surface area contributed by atoms with Gasteiger partial charge in [-0.15, -0.1) is 0 Å². The molecule has 0 saturated carbocycles. The first kappa shape index (κ1) is 8.01. The quantitative estimate of drug-likeness (QED) is 0.424. The van der Waals surface area contributed by atoms with Crippen LogP contribution in [0.2, 0.25) is 0 Å². The van der Waals surface area contributed by atoms with Gasteiger partial charge in [-0.05, 0) is 20.0 Å². The largest absolute Gasteiger partial charge is 0.370 e. The van der Waals surface area contributed by atoms with Crippen LogP contribution >= 0.6 is 0 Å². The highest BCUT2D eigenvalue weighted by molar-refractivity contribution is 5.75. The highest BCUT2D eigenvalue weighted by atomic mass is 15.2. The van der Waals surface area contributed by atoms with Gasteiger partial charge >= 0.3 is 0 Å². The average molecular weight is 127 g/mol. The van der Waals surface area contributed by atoms with Crippen LogP contribution in [-0.4, -0.2) is 16.9 Å². The van der Waals surface area contributed by atoms with Crippen molar-refractivity contribution in [2.24, 2.45) is 5.73 Å². The van der Waals surface area contributed by atoms with Crippen LogP contribution < -0.4 is 5.73 Å². The van der Waals surface area contributed by atoms with E-state index in [0.29, 0.717) is 0 Å². The summed E-state index contributed by atoms with van der Waals surface area (Å²) in [4.78, 5) is 1.58. The maximum Gasteiger partial charge on any atom is 0.192 e. The number of rotatable bonds is 2. The van der Waals surface area contributed by atoms with Gasteiger partial charge in [-0.3, -0.25) is 5.41 Å². The number of nitrogens with one attached hydrogen (secondary N) is 1. The summed E-state index contributed by atoms with van der Waals surface area (Å²) < 4.78 is 0. The second-order valence-electron chi connectivity index (χ2n) is 2.07. The Morgan fingerprint density at radius 3 is 2.22 bits per heavy atom. The second-order valence-corrected chi connectivity index (χ2v) is 2.07. The molecule has 52 valence electrons. The van der Waals surface area contributed by atoms with Gasteiger partial charge in [0, 0.05) is 6.04 Å². The molecule has 0 aromatic heterocycles. The van der Waals surface area contributed by atoms with Gasteiger partial charge in [-0.1, -0.05) is 6.58 Å². The molecular formula is C6H13N3. The number of nitrogens with two attached hydrogens (primary N) is 1. The van der Waals surface area contributed by atoms with Gasteiger partial charge in [-0.2, -0.15) is 0 Å². The van der Waals surface area contributed by atoms with Crippen molar-refractivity contribution in [3.8, 4) is 0 Å². The Kier molecular flexibility index (Phi) is 2.78. The molecule has 3 nitrogen and oxygen atoms in total. The van der Waals surface area contributed by atoms with Crippen LogP contribution in [0.3, 0.4) is 0 Å². The maximum absolute atomic E-state index is 7.01. The third-order valence-electron chi connectivity index (χ3n) is 1.03. The lowest BCUT2D eigenvalue weighted by atomic mass is 10.3. The number of guanidine groups is 1. The molecule has 0 aliphatic rings. The van der Waals surface area contributed by atoms with Gasteiger partial charge in [-0.25, -0.2) is 0 Å². The molecule has 0 aromatic carbocycles. The third-order valence-corrected chi connectivity index (χ3v) is 1.03. The first-order chi connectivity index (χ1) is 4.09. The zero-order valence-electron chi connectivity index (χ0n) is 5.89. The summed E-state index contributed by atoms with van der Waals surface area (Å²) in [5.41, 5.74) is 5.19. The molecule has 9 heavy (non-hydrogen) atoms. The second kappa shape index (κ2) is 3.12. The lowest BCUT2D eigenvalue weighted by Crippen LogP contribution is -2.36. The van der Waals surface area contributed by atoms with E-state index in [9.17, 15) is 0 Å². The Labute approximate surface area is 55.7 Å². The van der Waals surface area contributed by atoms with Crippen molar-refractivity contribution in [1.82, 2.24) is 4.90 Å². The van der Waals surface area contributed by atoms with E-state index in [1.54, 1.807) is 11.1 Å². The topological polar surface area (TPSA) is 53.1 Å². The van der Waals surface area contributed by atoms with Crippen LogP contribution in [0.1, 0.15) is 13.8 Å². The molecule has 0 radical (unpaired) electrons. The van der Waals surface area contributed by atoms with Crippen molar-refractivity contribution < 1.29 is 0 Å². The molecule has 0 aliphatic heterocycles. The average Bonchev–Trinajstić information content (AvgIpc) is 1.64. The highest BCUT2D eigenvalue weighted by Crippen LogP contribution is 1.94. The zero-order valence-corrected chi connectivity index (χ0v) is 5.89. The Hall–Kier alpha value is -0.990. The highest BCUT2D eigenvalue weighted by Gasteiger charge is 2.04. The Morgan fingerprint density at radius 1 is 1.78 bits per heavy atom. The van der Waals surface area contributed by atoms with Gasteiger partial charge in [0.05, 0.1) is 0 Å². The summed E-state index contributed by atoms with van der Waals surface area (Å²) in [7, 11) is 0. The van der Waals surface area contributed by atoms with Crippen LogP contribution in [0, 0.1) is 5.41 Å². The Morgan fingerprint density at radius 2 is 2.22 bits per heavy atom. The SMILES string of the molecule is C=CN(C(=N)N)C(C)C. The van der Waals surface area contributed by atoms with Crippen LogP contribution in [0.25, 0.3) is 0 Å². The summed E-state index contributed by atoms with van der Waals surface area (Å²) in [6.45, 7) is 7.40. The molecule has 3 N–H and O–H groups in total. The number of hydrogen-bond acceptors (Lipinski definition) is 1. The predicted molar refractivity (Wildman–Crippen MR) is 39.1 cm³/mol. The van der Waals surface area contributed by atoms with Crippen molar-refractivity contribution in [3.63, 3.8) is 0 Å². The summed E-state index contributed by atoms with van der Waals surface area (Å²) in [6.07, 6.45) is 1.55. The van der Waals surface area contributed by atoms with Gasteiger partial charge in [0.25, 0.3) is 0 Å². The molecule has 0 rings (SSSR count). The van der Waals surface area contributed by atoms with Crippen molar-refractivity contribution in [1.29, 1.82) is 5.41 Å². The fourth-order valence-corrected chi connectivity index (χ4v) is 0.587. The first-order valence-electron chi connectivity index (χ1n) is 2.84. The lowest BCUT2D eigenvalue weighted by molar-refractivity contribution is 0.453. The summed E-state index contributed by atoms with van der Waals surface area (Å²) >= 11 is 0. The Balaban J connectivity index is 3.98. The molecule has 0 amide bonds. The van der Waals surface area contributed by atoms with Gasteiger partial charge < -0.3 is 10.6 Å². The predicted octanol–water partition coefficient (Wildman–Crippen LogP) is 0.734. The molecule has 0 aliphatic carbocycles. The monoisotopic (exact) mass is 127 g/mol. The van der Waals surface area contributed by atoms with E-state index >= 15 is 0 Å². The summed E-state index contributed by atoms with van der Waals surface area (Å²) in [5, 5.41) is 7.01. The molecule has 0 spiro atoms. The molecular weight excluding hydrogens is 114 g/mol. The third kappa shape index (κ3) is 2.17. The molecule has 0 atom stereocenters. The summed E-state index contributed by atoms with van der Waals surface area (Å²) in [5.74, 6) is 0.0417. The van der Waals surface area contributed by atoms with Gasteiger partial charge in [0.15, 0.2) is 5.96 Å². The van der Waals surface area contributed by atoms with Crippen LogP contribution in [0.4, 0.5) is 0 Å². The van der Waals surface area contributed by atoms with E-state index in [-0.39, 0.29) is 12.0 Å². The van der Waals surface area contributed by atoms with Crippen molar-refractivity contribution >= 4 is 5.96 Å². The van der Waals surface area contributed by atoms with E-state index in [4.69, 9.17) is 11.1 Å². The van der Waals surface area contributed by atoms with Crippen molar-refractivity contribution in [2.75, 3.05) is 0 Å². The van der Waals surface area contributed by atoms with Crippen molar-refractivity contribution in [2.45, 2.75) is 19.9 Å². The lowest BCUT2D eigenvalue weighted by Gasteiger charge is -2.21. The van der Waals surface area contributed by atoms with Crippen LogP contribution in [0.5, 0.6) is 0 Å².